The van der Waals surface area contributed by atoms with Crippen molar-refractivity contribution in [2.45, 2.75) is 26.8 Å². The van der Waals surface area contributed by atoms with Crippen LogP contribution in [0.4, 0.5) is 15.9 Å². The van der Waals surface area contributed by atoms with Gasteiger partial charge in [0, 0.05) is 31.2 Å². The van der Waals surface area contributed by atoms with Crippen LogP contribution in [-0.2, 0) is 11.3 Å². The van der Waals surface area contributed by atoms with E-state index in [0.717, 1.165) is 30.3 Å². The topological polar surface area (TPSA) is 84.5 Å². The Labute approximate surface area is 177 Å². The normalized spacial score (nSPS) is 19.3. The Bertz CT molecular complexity index is 1150. The fourth-order valence-electron chi connectivity index (χ4n) is 4.01. The fourth-order valence-corrected chi connectivity index (χ4v) is 4.19. The van der Waals surface area contributed by atoms with Gasteiger partial charge in [0.05, 0.1) is 5.02 Å². The number of carbonyl (C=O) groups is 1. The largest absolute Gasteiger partial charge is 0.353 e. The molecule has 3 aromatic rings. The molecule has 3 heterocycles. The number of nitrogens with one attached hydrogen (secondary N) is 1. The van der Waals surface area contributed by atoms with Crippen LogP contribution in [0.25, 0.3) is 5.65 Å². The number of fused-ring (bicyclic) bond motifs is 1. The van der Waals surface area contributed by atoms with E-state index in [-0.39, 0.29) is 11.6 Å². The first-order chi connectivity index (χ1) is 14.3. The van der Waals surface area contributed by atoms with Crippen LogP contribution in [0.3, 0.4) is 0 Å². The van der Waals surface area contributed by atoms with E-state index in [1.165, 1.54) is 16.5 Å². The predicted octanol–water partition coefficient (Wildman–Crippen LogP) is 2.80. The van der Waals surface area contributed by atoms with Crippen LogP contribution in [0.1, 0.15) is 20.3 Å². The molecule has 10 heteroatoms. The molecule has 2 aromatic heterocycles. The molecule has 0 spiro atoms. The molecule has 1 aromatic carbocycles. The molecular formula is C20H22ClFN6O2. The lowest BCUT2D eigenvalue weighted by atomic mass is 9.92. The van der Waals surface area contributed by atoms with E-state index in [9.17, 15) is 14.0 Å². The van der Waals surface area contributed by atoms with Crippen molar-refractivity contribution in [3.8, 4) is 0 Å². The zero-order chi connectivity index (χ0) is 21.4. The van der Waals surface area contributed by atoms with Gasteiger partial charge in [0.15, 0.2) is 5.82 Å². The lowest BCUT2D eigenvalue weighted by molar-refractivity contribution is -0.117. The molecule has 8 nitrogen and oxygen atoms in total. The number of aromatic nitrogens is 4. The van der Waals surface area contributed by atoms with E-state index in [1.54, 1.807) is 12.4 Å². The van der Waals surface area contributed by atoms with E-state index >= 15 is 0 Å². The van der Waals surface area contributed by atoms with Crippen molar-refractivity contribution < 1.29 is 9.18 Å². The first-order valence-electron chi connectivity index (χ1n) is 9.76. The van der Waals surface area contributed by atoms with Gasteiger partial charge in [-0.2, -0.15) is 0 Å². The number of anilines is 2. The second-order valence-electron chi connectivity index (χ2n) is 7.91. The van der Waals surface area contributed by atoms with Crippen molar-refractivity contribution >= 4 is 34.7 Å². The molecule has 1 fully saturated rings. The summed E-state index contributed by atoms with van der Waals surface area (Å²) in [4.78, 5) is 31.7. The number of piperidine rings is 1. The molecule has 0 saturated carbocycles. The molecule has 0 aliphatic carbocycles. The zero-order valence-electron chi connectivity index (χ0n) is 16.7. The molecule has 158 valence electrons. The van der Waals surface area contributed by atoms with Crippen molar-refractivity contribution in [2.75, 3.05) is 23.3 Å². The summed E-state index contributed by atoms with van der Waals surface area (Å²) < 4.78 is 15.8. The molecule has 0 unspecified atom stereocenters. The van der Waals surface area contributed by atoms with Crippen LogP contribution >= 0.6 is 11.6 Å². The summed E-state index contributed by atoms with van der Waals surface area (Å²) in [6.07, 6.45) is 4.26. The molecule has 4 rings (SSSR count). The number of rotatable bonds is 4. The minimum absolute atomic E-state index is 0.0987. The third-order valence-corrected chi connectivity index (χ3v) is 5.44. The van der Waals surface area contributed by atoms with Gasteiger partial charge in [0.25, 0.3) is 0 Å². The predicted molar refractivity (Wildman–Crippen MR) is 112 cm³/mol. The van der Waals surface area contributed by atoms with Crippen LogP contribution < -0.4 is 15.9 Å². The summed E-state index contributed by atoms with van der Waals surface area (Å²) in [6.45, 7) is 5.77. The van der Waals surface area contributed by atoms with Crippen molar-refractivity contribution in [3.63, 3.8) is 0 Å². The molecule has 1 aliphatic heterocycles. The maximum Gasteiger partial charge on any atom is 0.350 e. The maximum absolute atomic E-state index is 13.3. The third-order valence-electron chi connectivity index (χ3n) is 5.15. The smallest absolute Gasteiger partial charge is 0.350 e. The van der Waals surface area contributed by atoms with Crippen LogP contribution in [-0.4, -0.2) is 38.2 Å². The number of amides is 1. The maximum atomic E-state index is 13.3. The van der Waals surface area contributed by atoms with Crippen LogP contribution in [0.2, 0.25) is 5.02 Å². The molecule has 1 aliphatic rings. The summed E-state index contributed by atoms with van der Waals surface area (Å²) in [5.74, 6) is 0.610. The number of carbonyl (C=O) groups excluding carboxylic acids is 1. The minimum atomic E-state index is -0.576. The number of benzene rings is 1. The van der Waals surface area contributed by atoms with Gasteiger partial charge in [-0.05, 0) is 36.5 Å². The Morgan fingerprint density at radius 3 is 2.73 bits per heavy atom. The Hall–Kier alpha value is -2.94. The summed E-state index contributed by atoms with van der Waals surface area (Å²) >= 11 is 5.74. The van der Waals surface area contributed by atoms with Crippen molar-refractivity contribution in [1.82, 2.24) is 19.2 Å². The molecule has 2 atom stereocenters. The van der Waals surface area contributed by atoms with Crippen molar-refractivity contribution in [2.24, 2.45) is 11.8 Å². The summed E-state index contributed by atoms with van der Waals surface area (Å²) in [7, 11) is 0. The molecule has 1 amide bonds. The third kappa shape index (κ3) is 4.02. The van der Waals surface area contributed by atoms with Crippen LogP contribution in [0, 0.1) is 17.7 Å². The first kappa shape index (κ1) is 20.3. The Kier molecular flexibility index (Phi) is 5.46. The number of nitrogens with zero attached hydrogens (tertiary/aromatic N) is 5. The van der Waals surface area contributed by atoms with Gasteiger partial charge in [-0.15, -0.1) is 5.10 Å². The highest BCUT2D eigenvalue weighted by molar-refractivity contribution is 6.31. The Morgan fingerprint density at radius 2 is 2.03 bits per heavy atom. The minimum Gasteiger partial charge on any atom is -0.353 e. The quantitative estimate of drug-likeness (QED) is 0.685. The van der Waals surface area contributed by atoms with Gasteiger partial charge < -0.3 is 10.2 Å². The van der Waals surface area contributed by atoms with Gasteiger partial charge in [-0.1, -0.05) is 25.4 Å². The van der Waals surface area contributed by atoms with E-state index in [1.807, 2.05) is 0 Å². The fraction of sp³-hybridized carbons (Fsp3) is 0.400. The van der Waals surface area contributed by atoms with E-state index in [0.29, 0.717) is 29.0 Å². The van der Waals surface area contributed by atoms with Crippen LogP contribution in [0.15, 0.2) is 35.4 Å². The second kappa shape index (κ2) is 8.06. The van der Waals surface area contributed by atoms with E-state index in [4.69, 9.17) is 11.6 Å². The van der Waals surface area contributed by atoms with Crippen molar-refractivity contribution in [3.05, 3.63) is 51.9 Å². The standard InChI is InChI=1S/C20H22ClFN6O2/c1-12-7-13(2)10-26(9-12)18-19-25-28(20(30)27(19)6-5-23-18)11-17(29)24-14-3-4-16(22)15(21)8-14/h3-6,8,12-13H,7,9-11H2,1-2H3,(H,24,29)/t12-,13-/m1/s1. The van der Waals surface area contributed by atoms with Gasteiger partial charge in [-0.3, -0.25) is 4.79 Å². The van der Waals surface area contributed by atoms with Gasteiger partial charge in [-0.25, -0.2) is 23.3 Å². The van der Waals surface area contributed by atoms with Crippen molar-refractivity contribution in [1.29, 1.82) is 0 Å². The lowest BCUT2D eigenvalue weighted by Crippen LogP contribution is -2.39. The highest BCUT2D eigenvalue weighted by Crippen LogP contribution is 2.26. The van der Waals surface area contributed by atoms with Gasteiger partial charge >= 0.3 is 5.69 Å². The Morgan fingerprint density at radius 1 is 1.30 bits per heavy atom. The SMILES string of the molecule is C[C@@H]1C[C@@H](C)CN(c2nccn3c(=O)n(CC(=O)Nc4ccc(F)c(Cl)c4)nc23)C1. The van der Waals surface area contributed by atoms with E-state index < -0.39 is 17.4 Å². The highest BCUT2D eigenvalue weighted by atomic mass is 35.5. The summed E-state index contributed by atoms with van der Waals surface area (Å²) in [6, 6.07) is 3.86. The molecule has 1 N–H and O–H groups in total. The highest BCUT2D eigenvalue weighted by Gasteiger charge is 2.26. The molecule has 30 heavy (non-hydrogen) atoms. The summed E-state index contributed by atoms with van der Waals surface area (Å²) in [5, 5.41) is 6.86. The molecule has 1 saturated heterocycles. The number of hydrogen-bond donors (Lipinski definition) is 1. The average molecular weight is 433 g/mol. The Balaban J connectivity index is 1.59. The second-order valence-corrected chi connectivity index (χ2v) is 8.32. The van der Waals surface area contributed by atoms with Crippen LogP contribution in [0.5, 0.6) is 0 Å². The average Bonchev–Trinajstić information content (AvgIpc) is 2.99. The van der Waals surface area contributed by atoms with E-state index in [2.05, 4.69) is 34.1 Å². The first-order valence-corrected chi connectivity index (χ1v) is 10.1. The zero-order valence-corrected chi connectivity index (χ0v) is 17.4. The molecular weight excluding hydrogens is 411 g/mol. The van der Waals surface area contributed by atoms with Gasteiger partial charge in [0.2, 0.25) is 11.6 Å². The molecule has 0 radical (unpaired) electrons. The lowest BCUT2D eigenvalue weighted by Gasteiger charge is -2.35. The number of halogens is 2. The summed E-state index contributed by atoms with van der Waals surface area (Å²) in [5.41, 5.74) is 0.322. The monoisotopic (exact) mass is 432 g/mol. The van der Waals surface area contributed by atoms with Gasteiger partial charge in [0.1, 0.15) is 12.4 Å². The number of hydrogen-bond acceptors (Lipinski definition) is 5. The molecule has 0 bridgehead atoms.